The fourth-order valence-electron chi connectivity index (χ4n) is 0.990. The second-order valence-electron chi connectivity index (χ2n) is 4.01. The molecule has 4 nitrogen and oxygen atoms in total. The van der Waals surface area contributed by atoms with E-state index in [1.807, 2.05) is 20.8 Å². The number of nitrogens with two attached hydrogens (primary N) is 1. The molecule has 12 heavy (non-hydrogen) atoms. The van der Waals surface area contributed by atoms with Crippen molar-refractivity contribution in [2.75, 3.05) is 5.73 Å². The van der Waals surface area contributed by atoms with Gasteiger partial charge in [-0.05, 0) is 5.41 Å². The molecule has 0 aliphatic carbocycles. The monoisotopic (exact) mass is 169 g/mol. The number of nitrogen functional groups attached to an aromatic ring is 1. The van der Waals surface area contributed by atoms with Crippen molar-refractivity contribution in [1.82, 2.24) is 10.2 Å². The van der Waals surface area contributed by atoms with Gasteiger partial charge < -0.3 is 10.8 Å². The number of hydrogen-bond acceptors (Lipinski definition) is 3. The minimum absolute atomic E-state index is 0.210. The lowest BCUT2D eigenvalue weighted by Gasteiger charge is -2.25. The first kappa shape index (κ1) is 9.06. The Morgan fingerprint density at radius 3 is 2.50 bits per heavy atom. The average Bonchev–Trinajstić information content (AvgIpc) is 2.31. The van der Waals surface area contributed by atoms with Gasteiger partial charge in [-0.3, -0.25) is 5.10 Å². The Balaban J connectivity index is 2.92. The molecule has 4 N–H and O–H groups in total. The first-order chi connectivity index (χ1) is 5.43. The van der Waals surface area contributed by atoms with E-state index in [-0.39, 0.29) is 5.41 Å². The van der Waals surface area contributed by atoms with Gasteiger partial charge in [0.25, 0.3) is 0 Å². The number of nitrogens with one attached hydrogen (secondary N) is 1. The molecule has 0 saturated heterocycles. The molecule has 0 aliphatic rings. The zero-order valence-corrected chi connectivity index (χ0v) is 7.63. The number of H-pyrrole nitrogens is 1. The number of nitrogens with zero attached hydrogens (tertiary/aromatic N) is 1. The van der Waals surface area contributed by atoms with Crippen molar-refractivity contribution in [1.29, 1.82) is 0 Å². The van der Waals surface area contributed by atoms with Crippen LogP contribution >= 0.6 is 0 Å². The number of aromatic nitrogens is 2. The maximum absolute atomic E-state index is 9.79. The molecule has 0 aromatic carbocycles. The van der Waals surface area contributed by atoms with Gasteiger partial charge in [0, 0.05) is 5.56 Å². The normalized spacial score (nSPS) is 14.7. The molecular weight excluding hydrogens is 154 g/mol. The van der Waals surface area contributed by atoms with Gasteiger partial charge >= 0.3 is 0 Å². The van der Waals surface area contributed by atoms with Crippen LogP contribution in [-0.2, 0) is 0 Å². The Morgan fingerprint density at radius 2 is 2.17 bits per heavy atom. The smallest absolute Gasteiger partial charge is 0.124 e. The quantitative estimate of drug-likeness (QED) is 0.588. The lowest BCUT2D eigenvalue weighted by molar-refractivity contribution is 0.0633. The molecule has 68 valence electrons. The molecule has 0 spiro atoms. The fourth-order valence-corrected chi connectivity index (χ4v) is 0.990. The molecule has 0 fully saturated rings. The predicted molar refractivity (Wildman–Crippen MR) is 47.4 cm³/mol. The van der Waals surface area contributed by atoms with E-state index in [0.29, 0.717) is 11.4 Å². The van der Waals surface area contributed by atoms with Crippen LogP contribution in [0.15, 0.2) is 6.20 Å². The standard InChI is InChI=1S/C8H15N3O/c1-8(2,3)6(12)5-4-10-11-7(5)9/h4,6,12H,1-3H3,(H3,9,10,11). The highest BCUT2D eigenvalue weighted by Gasteiger charge is 2.26. The Morgan fingerprint density at radius 1 is 1.58 bits per heavy atom. The third-order valence-electron chi connectivity index (χ3n) is 1.81. The van der Waals surface area contributed by atoms with E-state index in [4.69, 9.17) is 5.73 Å². The van der Waals surface area contributed by atoms with Gasteiger partial charge in [0.2, 0.25) is 0 Å². The number of aromatic amines is 1. The Hall–Kier alpha value is -1.03. The lowest BCUT2D eigenvalue weighted by atomic mass is 9.86. The number of anilines is 1. The van der Waals surface area contributed by atoms with Crippen LogP contribution in [-0.4, -0.2) is 15.3 Å². The van der Waals surface area contributed by atoms with Gasteiger partial charge in [0.15, 0.2) is 0 Å². The number of aliphatic hydroxyl groups is 1. The summed E-state index contributed by atoms with van der Waals surface area (Å²) in [5.74, 6) is 0.442. The molecule has 0 aliphatic heterocycles. The van der Waals surface area contributed by atoms with Gasteiger partial charge in [0.1, 0.15) is 5.82 Å². The molecule has 0 bridgehead atoms. The van der Waals surface area contributed by atoms with Crippen LogP contribution in [0.5, 0.6) is 0 Å². The van der Waals surface area contributed by atoms with Crippen molar-refractivity contribution in [2.45, 2.75) is 26.9 Å². The van der Waals surface area contributed by atoms with Crippen molar-refractivity contribution in [2.24, 2.45) is 5.41 Å². The highest BCUT2D eigenvalue weighted by molar-refractivity contribution is 5.39. The molecular formula is C8H15N3O. The summed E-state index contributed by atoms with van der Waals surface area (Å²) >= 11 is 0. The van der Waals surface area contributed by atoms with E-state index >= 15 is 0 Å². The number of hydrogen-bond donors (Lipinski definition) is 3. The second-order valence-corrected chi connectivity index (χ2v) is 4.01. The summed E-state index contributed by atoms with van der Waals surface area (Å²) in [7, 11) is 0. The summed E-state index contributed by atoms with van der Waals surface area (Å²) in [5, 5.41) is 16.1. The zero-order chi connectivity index (χ0) is 9.35. The van der Waals surface area contributed by atoms with Gasteiger partial charge in [-0.15, -0.1) is 0 Å². The first-order valence-electron chi connectivity index (χ1n) is 3.89. The summed E-state index contributed by atoms with van der Waals surface area (Å²) in [6, 6.07) is 0. The summed E-state index contributed by atoms with van der Waals surface area (Å²) in [6.07, 6.45) is 0.988. The lowest BCUT2D eigenvalue weighted by Crippen LogP contribution is -2.18. The van der Waals surface area contributed by atoms with Gasteiger partial charge in [0.05, 0.1) is 12.3 Å². The SMILES string of the molecule is CC(C)(C)C(O)c1cn[nH]c1N. The molecule has 1 aromatic rings. The minimum atomic E-state index is -0.573. The predicted octanol–water partition coefficient (Wildman–Crippen LogP) is 1.07. The third kappa shape index (κ3) is 1.58. The minimum Gasteiger partial charge on any atom is -0.388 e. The summed E-state index contributed by atoms with van der Waals surface area (Å²) in [6.45, 7) is 5.85. The Bertz CT molecular complexity index is 262. The van der Waals surface area contributed by atoms with Crippen LogP contribution in [0.25, 0.3) is 0 Å². The molecule has 4 heteroatoms. The maximum atomic E-state index is 9.79. The summed E-state index contributed by atoms with van der Waals surface area (Å²) in [5.41, 5.74) is 6.02. The van der Waals surface area contributed by atoms with Crippen LogP contribution in [0.4, 0.5) is 5.82 Å². The molecule has 1 heterocycles. The molecule has 1 aromatic heterocycles. The van der Waals surface area contributed by atoms with E-state index in [9.17, 15) is 5.11 Å². The molecule has 1 unspecified atom stereocenters. The van der Waals surface area contributed by atoms with Crippen LogP contribution in [0.2, 0.25) is 0 Å². The van der Waals surface area contributed by atoms with E-state index < -0.39 is 6.10 Å². The van der Waals surface area contributed by atoms with E-state index in [0.717, 1.165) is 0 Å². The topological polar surface area (TPSA) is 74.9 Å². The third-order valence-corrected chi connectivity index (χ3v) is 1.81. The molecule has 0 amide bonds. The van der Waals surface area contributed by atoms with Gasteiger partial charge in [-0.2, -0.15) is 5.10 Å². The zero-order valence-electron chi connectivity index (χ0n) is 7.63. The number of rotatable bonds is 1. The average molecular weight is 169 g/mol. The highest BCUT2D eigenvalue weighted by Crippen LogP contribution is 2.34. The van der Waals surface area contributed by atoms with Crippen LogP contribution in [0, 0.1) is 5.41 Å². The van der Waals surface area contributed by atoms with Crippen molar-refractivity contribution in [3.8, 4) is 0 Å². The second kappa shape index (κ2) is 2.79. The van der Waals surface area contributed by atoms with Crippen LogP contribution in [0.3, 0.4) is 0 Å². The largest absolute Gasteiger partial charge is 0.388 e. The molecule has 1 rings (SSSR count). The fraction of sp³-hybridized carbons (Fsp3) is 0.625. The van der Waals surface area contributed by atoms with Crippen molar-refractivity contribution in [3.63, 3.8) is 0 Å². The van der Waals surface area contributed by atoms with Crippen LogP contribution in [0.1, 0.15) is 32.4 Å². The van der Waals surface area contributed by atoms with Crippen molar-refractivity contribution < 1.29 is 5.11 Å². The van der Waals surface area contributed by atoms with Gasteiger partial charge in [-0.1, -0.05) is 20.8 Å². The molecule has 0 saturated carbocycles. The van der Waals surface area contributed by atoms with E-state index in [1.54, 1.807) is 6.20 Å². The van der Waals surface area contributed by atoms with E-state index in [2.05, 4.69) is 10.2 Å². The van der Waals surface area contributed by atoms with E-state index in [1.165, 1.54) is 0 Å². The Labute approximate surface area is 71.8 Å². The number of aliphatic hydroxyl groups excluding tert-OH is 1. The highest BCUT2D eigenvalue weighted by atomic mass is 16.3. The summed E-state index contributed by atoms with van der Waals surface area (Å²) < 4.78 is 0. The Kier molecular flexibility index (Phi) is 2.10. The van der Waals surface area contributed by atoms with Crippen molar-refractivity contribution in [3.05, 3.63) is 11.8 Å². The maximum Gasteiger partial charge on any atom is 0.124 e. The van der Waals surface area contributed by atoms with Gasteiger partial charge in [-0.25, -0.2) is 0 Å². The first-order valence-corrected chi connectivity index (χ1v) is 3.89. The molecule has 0 radical (unpaired) electrons. The van der Waals surface area contributed by atoms with Crippen molar-refractivity contribution >= 4 is 5.82 Å². The summed E-state index contributed by atoms with van der Waals surface area (Å²) in [4.78, 5) is 0. The van der Waals surface area contributed by atoms with Crippen LogP contribution < -0.4 is 5.73 Å². The molecule has 1 atom stereocenters.